The van der Waals surface area contributed by atoms with Gasteiger partial charge in [0.1, 0.15) is 52.3 Å². The molecule has 3 atom stereocenters. The highest BCUT2D eigenvalue weighted by atomic mass is 35.5. The van der Waals surface area contributed by atoms with Crippen molar-refractivity contribution in [3.05, 3.63) is 122 Å². The third-order valence-electron chi connectivity index (χ3n) is 12.5. The van der Waals surface area contributed by atoms with Gasteiger partial charge in [-0.3, -0.25) is 24.1 Å². The minimum Gasteiger partial charge on any atom is -0.541 e. The van der Waals surface area contributed by atoms with Crippen molar-refractivity contribution < 1.29 is 66.3 Å². The topological polar surface area (TPSA) is 208 Å². The number of rotatable bonds is 23. The Morgan fingerprint density at radius 3 is 2.19 bits per heavy atom. The summed E-state index contributed by atoms with van der Waals surface area (Å²) in [6.07, 6.45) is -1.47. The molecule has 4 aromatic rings. The molecule has 4 radical (unpaired) electrons. The van der Waals surface area contributed by atoms with Gasteiger partial charge in [0.2, 0.25) is 12.0 Å². The third kappa shape index (κ3) is 13.8. The zero-order valence-electron chi connectivity index (χ0n) is 41.8. The predicted molar refractivity (Wildman–Crippen MR) is 273 cm³/mol. The van der Waals surface area contributed by atoms with Crippen LogP contribution in [0.1, 0.15) is 86.1 Å². The van der Waals surface area contributed by atoms with Crippen LogP contribution in [-0.2, 0) is 67.2 Å². The molecule has 2 amide bonds. The first-order valence-electron chi connectivity index (χ1n) is 24.1. The standard InChI is InChI=1S/C52H56B2ClN5O13S/c1-31(2)45(51(66)72-54)73-58-42(43-46(55)74-40(57-43)26-41(62)70-52(3,4)5)37(61)25-36-48(64)59-44(50(65)71-53)35(30-69-49(36)59)27-60(21-12-13-22-60)23-20-56-47(63)34-18-19-38(67-28-32-14-8-6-9-15-32)39(24-34)68-29-33-16-10-7-11-17-33/h6-11,14-19,24,31,36,45,49H,12-13,20-23,25-30H2,1-5H3/p+1/b58-42+/t36-,45+,49-/m1/s1. The second-order valence-electron chi connectivity index (χ2n) is 19.5. The van der Waals surface area contributed by atoms with Crippen molar-refractivity contribution >= 4 is 80.3 Å². The fraction of sp³-hybridized carbons (Fsp3) is 0.423. The SMILES string of the molecule is [B]OC(=O)C1=C(C[N+]2(CCNC(=O)c3ccc(OCc4ccccc4)c(OCc4ccccc4)c3)CCCC2)CO[C@@H]2[C@H](CC(=O)/C(=N\O[C@H](C(=O)O[B])C(C)C)c3nc(CC(=O)OC(C)(C)C)sc3Cl)C(=O)N12. The minimum absolute atomic E-state index is 0.0338. The molecule has 22 heteroatoms. The number of ether oxygens (including phenoxy) is 4. The number of carbonyl (C=O) groups is 6. The van der Waals surface area contributed by atoms with E-state index in [2.05, 4.69) is 20.1 Å². The summed E-state index contributed by atoms with van der Waals surface area (Å²) in [5.41, 5.74) is 1.28. The number of ketones is 1. The van der Waals surface area contributed by atoms with Crippen molar-refractivity contribution in [3.8, 4) is 11.5 Å². The van der Waals surface area contributed by atoms with Gasteiger partial charge in [-0.05, 0) is 50.1 Å². The average Bonchev–Trinajstić information content (AvgIpc) is 3.99. The van der Waals surface area contributed by atoms with Crippen LogP contribution in [0.25, 0.3) is 0 Å². The van der Waals surface area contributed by atoms with E-state index in [0.717, 1.165) is 40.2 Å². The van der Waals surface area contributed by atoms with Crippen LogP contribution in [0.4, 0.5) is 0 Å². The number of oxime groups is 1. The number of carbonyl (C=O) groups excluding carboxylic acids is 6. The molecule has 1 N–H and O–H groups in total. The van der Waals surface area contributed by atoms with E-state index in [1.807, 2.05) is 60.7 Å². The molecule has 74 heavy (non-hydrogen) atoms. The van der Waals surface area contributed by atoms with Gasteiger partial charge in [-0.15, -0.1) is 11.3 Å². The molecular weight excluding hydrogens is 992 g/mol. The maximum atomic E-state index is 14.3. The van der Waals surface area contributed by atoms with Crippen molar-refractivity contribution in [1.29, 1.82) is 0 Å². The van der Waals surface area contributed by atoms with E-state index in [9.17, 15) is 28.8 Å². The lowest BCUT2D eigenvalue weighted by molar-refractivity contribution is -0.911. The summed E-state index contributed by atoms with van der Waals surface area (Å²) in [7, 11) is 10.6. The zero-order chi connectivity index (χ0) is 53.2. The number of hydrogen-bond donors (Lipinski definition) is 1. The maximum Gasteiger partial charge on any atom is 0.378 e. The van der Waals surface area contributed by atoms with Crippen LogP contribution in [0.3, 0.4) is 0 Å². The highest BCUT2D eigenvalue weighted by molar-refractivity contribution is 7.16. The van der Waals surface area contributed by atoms with Gasteiger partial charge in [0.15, 0.2) is 23.0 Å². The van der Waals surface area contributed by atoms with Crippen molar-refractivity contribution in [1.82, 2.24) is 15.2 Å². The Morgan fingerprint density at radius 2 is 1.58 bits per heavy atom. The number of thiazole rings is 1. The second kappa shape index (κ2) is 24.7. The molecule has 0 bridgehead atoms. The Bertz CT molecular complexity index is 2760. The highest BCUT2D eigenvalue weighted by Gasteiger charge is 2.56. The highest BCUT2D eigenvalue weighted by Crippen LogP contribution is 2.41. The Hall–Kier alpha value is -6.54. The molecule has 0 saturated carbocycles. The summed E-state index contributed by atoms with van der Waals surface area (Å²) in [6, 6.07) is 24.5. The smallest absolute Gasteiger partial charge is 0.378 e. The number of esters is 1. The molecular formula is C52H57B2ClN5O13S+. The number of amides is 2. The molecule has 2 fully saturated rings. The van der Waals surface area contributed by atoms with E-state index in [1.54, 1.807) is 52.8 Å². The Labute approximate surface area is 441 Å². The zero-order valence-corrected chi connectivity index (χ0v) is 43.4. The Kier molecular flexibility index (Phi) is 18.4. The number of quaternary nitrogens is 1. The van der Waals surface area contributed by atoms with Crippen LogP contribution in [0.5, 0.6) is 11.5 Å². The number of aromatic nitrogens is 1. The normalized spacial score (nSPS) is 17.7. The predicted octanol–water partition coefficient (Wildman–Crippen LogP) is 5.91. The summed E-state index contributed by atoms with van der Waals surface area (Å²) in [5.74, 6) is -5.00. The van der Waals surface area contributed by atoms with Crippen LogP contribution >= 0.6 is 22.9 Å². The number of nitrogens with zero attached hydrogens (tertiary/aromatic N) is 4. The number of Topliss-reactive ketones (excluding diaryl/α,β-unsaturated/α-hetero) is 1. The van der Waals surface area contributed by atoms with Crippen LogP contribution in [0.15, 0.2) is 95.3 Å². The van der Waals surface area contributed by atoms with Gasteiger partial charge >= 0.3 is 34.0 Å². The first-order chi connectivity index (χ1) is 35.4. The fourth-order valence-corrected chi connectivity index (χ4v) is 10.1. The minimum atomic E-state index is -1.35. The van der Waals surface area contributed by atoms with E-state index in [4.69, 9.17) is 56.1 Å². The molecule has 0 aliphatic carbocycles. The molecule has 3 aliphatic rings. The van der Waals surface area contributed by atoms with Gasteiger partial charge in [0, 0.05) is 36.3 Å². The van der Waals surface area contributed by atoms with Gasteiger partial charge < -0.3 is 42.9 Å². The molecule has 3 aliphatic heterocycles. The van der Waals surface area contributed by atoms with Crippen molar-refractivity contribution in [3.63, 3.8) is 0 Å². The second-order valence-corrected chi connectivity index (χ2v) is 21.2. The molecule has 4 heterocycles. The van der Waals surface area contributed by atoms with Gasteiger partial charge in [-0.2, -0.15) is 0 Å². The number of halogens is 1. The number of β-lactam (4-membered cyclic amide) rings is 1. The first-order valence-corrected chi connectivity index (χ1v) is 25.3. The number of benzene rings is 3. The Balaban J connectivity index is 1.05. The number of fused-ring (bicyclic) bond motifs is 1. The number of nitrogens with one attached hydrogen (secondary N) is 1. The molecule has 3 aromatic carbocycles. The average molecular weight is 1050 g/mol. The lowest BCUT2D eigenvalue weighted by atomic mass is 9.86. The molecule has 0 unspecified atom stereocenters. The lowest BCUT2D eigenvalue weighted by Crippen LogP contribution is -2.65. The molecule has 18 nitrogen and oxygen atoms in total. The summed E-state index contributed by atoms with van der Waals surface area (Å²) in [4.78, 5) is 91.8. The van der Waals surface area contributed by atoms with Crippen molar-refractivity contribution in [2.24, 2.45) is 17.0 Å². The van der Waals surface area contributed by atoms with Gasteiger partial charge in [0.05, 0.1) is 45.1 Å². The molecule has 0 spiro atoms. The van der Waals surface area contributed by atoms with Gasteiger partial charge in [-0.1, -0.05) is 91.3 Å². The van der Waals surface area contributed by atoms with Crippen LogP contribution in [0.2, 0.25) is 4.34 Å². The van der Waals surface area contributed by atoms with E-state index in [0.29, 0.717) is 53.4 Å². The summed E-state index contributed by atoms with van der Waals surface area (Å²) in [6.45, 7) is 11.3. The van der Waals surface area contributed by atoms with Crippen molar-refractivity contribution in [2.75, 3.05) is 39.3 Å². The van der Waals surface area contributed by atoms with E-state index < -0.39 is 71.5 Å². The summed E-state index contributed by atoms with van der Waals surface area (Å²) < 4.78 is 33.6. The molecule has 7 rings (SSSR count). The van der Waals surface area contributed by atoms with Gasteiger partial charge in [-0.25, -0.2) is 14.6 Å². The number of hydrogen-bond acceptors (Lipinski definition) is 16. The van der Waals surface area contributed by atoms with Crippen LogP contribution in [0, 0.1) is 11.8 Å². The van der Waals surface area contributed by atoms with E-state index >= 15 is 0 Å². The third-order valence-corrected chi connectivity index (χ3v) is 13.8. The largest absolute Gasteiger partial charge is 0.541 e. The van der Waals surface area contributed by atoms with E-state index in [-0.39, 0.29) is 59.4 Å². The molecule has 1 aromatic heterocycles. The van der Waals surface area contributed by atoms with Gasteiger partial charge in [0.25, 0.3) is 5.91 Å². The first kappa shape index (κ1) is 55.2. The fourth-order valence-electron chi connectivity index (χ4n) is 8.92. The molecule has 2 saturated heterocycles. The van der Waals surface area contributed by atoms with Crippen molar-refractivity contribution in [2.45, 2.75) is 91.4 Å². The lowest BCUT2D eigenvalue weighted by Gasteiger charge is -2.50. The monoisotopic (exact) mass is 1050 g/mol. The summed E-state index contributed by atoms with van der Waals surface area (Å²) in [5, 5.41) is 7.26. The Morgan fingerprint density at radius 1 is 0.932 bits per heavy atom. The quantitative estimate of drug-likeness (QED) is 0.0229. The molecule has 386 valence electrons. The maximum absolute atomic E-state index is 14.3. The summed E-state index contributed by atoms with van der Waals surface area (Å²) >= 11 is 7.51. The van der Waals surface area contributed by atoms with E-state index in [1.165, 1.54) is 0 Å². The number of likely N-dealkylation sites (tertiary alicyclic amines) is 1. The van der Waals surface area contributed by atoms with Crippen LogP contribution < -0.4 is 14.8 Å². The van der Waals surface area contributed by atoms with Crippen LogP contribution in [-0.4, -0.2) is 129 Å².